The molecule has 0 spiro atoms. The van der Waals surface area contributed by atoms with Gasteiger partial charge in [-0.1, -0.05) is 23.7 Å². The average Bonchev–Trinajstić information content (AvgIpc) is 2.77. The minimum Gasteiger partial charge on any atom is -0.506 e. The highest BCUT2D eigenvalue weighted by Gasteiger charge is 2.19. The van der Waals surface area contributed by atoms with Gasteiger partial charge in [-0.05, 0) is 35.8 Å². The topological polar surface area (TPSA) is 33.1 Å². The van der Waals surface area contributed by atoms with Crippen molar-refractivity contribution in [2.24, 2.45) is 0 Å². The van der Waals surface area contributed by atoms with Crippen LogP contribution in [0.25, 0.3) is 11.6 Å². The van der Waals surface area contributed by atoms with Crippen LogP contribution in [0.2, 0.25) is 5.15 Å². The first-order chi connectivity index (χ1) is 8.65. The fraction of sp³-hybridized carbons (Fsp3) is 0.0714. The summed E-state index contributed by atoms with van der Waals surface area (Å²) in [5, 5.41) is 10.1. The second-order valence-corrected chi connectivity index (χ2v) is 4.57. The molecule has 3 rings (SSSR count). The van der Waals surface area contributed by atoms with Gasteiger partial charge in [0.15, 0.2) is 0 Å². The number of aromatic nitrogens is 1. The molecule has 2 nitrogen and oxygen atoms in total. The number of allylic oxidation sites excluding steroid dienone is 1. The van der Waals surface area contributed by atoms with Crippen molar-refractivity contribution in [1.29, 1.82) is 0 Å². The lowest BCUT2D eigenvalue weighted by Gasteiger charge is -2.05. The molecule has 0 atom stereocenters. The Balaban J connectivity index is 2.10. The SMILES string of the molecule is Oc1cnc(Cl)cc1C1=Cc2c(F)cccc2C1. The van der Waals surface area contributed by atoms with Crippen molar-refractivity contribution in [3.63, 3.8) is 0 Å². The third-order valence-corrected chi connectivity index (χ3v) is 3.24. The van der Waals surface area contributed by atoms with E-state index < -0.39 is 0 Å². The standard InChI is InChI=1S/C14H9ClFNO/c15-14-6-11(13(18)7-17-14)9-4-8-2-1-3-12(16)10(8)5-9/h1-3,5-7,18H,4H2. The first-order valence-electron chi connectivity index (χ1n) is 5.48. The molecule has 1 N–H and O–H groups in total. The number of rotatable bonds is 1. The molecule has 18 heavy (non-hydrogen) atoms. The molecule has 1 aliphatic rings. The molecule has 1 aromatic heterocycles. The summed E-state index contributed by atoms with van der Waals surface area (Å²) < 4.78 is 13.6. The molecule has 1 aromatic carbocycles. The second kappa shape index (κ2) is 4.10. The van der Waals surface area contributed by atoms with E-state index in [-0.39, 0.29) is 11.6 Å². The van der Waals surface area contributed by atoms with Gasteiger partial charge in [-0.25, -0.2) is 9.37 Å². The third-order valence-electron chi connectivity index (χ3n) is 3.04. The molecular formula is C14H9ClFNO. The van der Waals surface area contributed by atoms with E-state index in [2.05, 4.69) is 4.98 Å². The van der Waals surface area contributed by atoms with Gasteiger partial charge in [-0.3, -0.25) is 0 Å². The molecule has 1 aliphatic carbocycles. The summed E-state index contributed by atoms with van der Waals surface area (Å²) in [6.45, 7) is 0. The highest BCUT2D eigenvalue weighted by atomic mass is 35.5. The van der Waals surface area contributed by atoms with Crippen LogP contribution in [0, 0.1) is 5.82 Å². The van der Waals surface area contributed by atoms with Crippen molar-refractivity contribution >= 4 is 23.3 Å². The van der Waals surface area contributed by atoms with E-state index in [0.717, 1.165) is 11.1 Å². The van der Waals surface area contributed by atoms with Crippen molar-refractivity contribution in [2.45, 2.75) is 6.42 Å². The quantitative estimate of drug-likeness (QED) is 0.795. The maximum atomic E-state index is 13.6. The molecule has 90 valence electrons. The van der Waals surface area contributed by atoms with Gasteiger partial charge < -0.3 is 5.11 Å². The van der Waals surface area contributed by atoms with E-state index in [1.807, 2.05) is 6.07 Å². The fourth-order valence-electron chi connectivity index (χ4n) is 2.18. The van der Waals surface area contributed by atoms with Crippen LogP contribution < -0.4 is 0 Å². The number of nitrogens with zero attached hydrogens (tertiary/aromatic N) is 1. The second-order valence-electron chi connectivity index (χ2n) is 4.18. The molecule has 0 radical (unpaired) electrons. The van der Waals surface area contributed by atoms with E-state index in [1.54, 1.807) is 18.2 Å². The predicted octanol–water partition coefficient (Wildman–Crippen LogP) is 3.68. The molecule has 0 bridgehead atoms. The Kier molecular flexibility index (Phi) is 2.56. The Morgan fingerprint density at radius 1 is 1.33 bits per heavy atom. The van der Waals surface area contributed by atoms with Crippen LogP contribution in [0.3, 0.4) is 0 Å². The van der Waals surface area contributed by atoms with Gasteiger partial charge in [0.25, 0.3) is 0 Å². The summed E-state index contributed by atoms with van der Waals surface area (Å²) in [6, 6.07) is 6.58. The largest absolute Gasteiger partial charge is 0.506 e. The molecule has 4 heteroatoms. The first-order valence-corrected chi connectivity index (χ1v) is 5.86. The molecule has 0 fully saturated rings. The van der Waals surface area contributed by atoms with Crippen LogP contribution in [0.4, 0.5) is 4.39 Å². The molecule has 0 unspecified atom stereocenters. The zero-order chi connectivity index (χ0) is 12.7. The van der Waals surface area contributed by atoms with E-state index >= 15 is 0 Å². The van der Waals surface area contributed by atoms with Crippen LogP contribution in [-0.4, -0.2) is 10.1 Å². The number of fused-ring (bicyclic) bond motifs is 1. The summed E-state index contributed by atoms with van der Waals surface area (Å²) in [4.78, 5) is 3.79. The van der Waals surface area contributed by atoms with Crippen LogP contribution in [0.5, 0.6) is 5.75 Å². The Bertz CT molecular complexity index is 667. The summed E-state index contributed by atoms with van der Waals surface area (Å²) in [6.07, 6.45) is 3.63. The minimum absolute atomic E-state index is 0.0545. The number of hydrogen-bond donors (Lipinski definition) is 1. The van der Waals surface area contributed by atoms with E-state index in [4.69, 9.17) is 11.6 Å². The Labute approximate surface area is 108 Å². The zero-order valence-electron chi connectivity index (χ0n) is 9.32. The summed E-state index contributed by atoms with van der Waals surface area (Å²) in [5.41, 5.74) is 2.94. The normalized spacial score (nSPS) is 13.3. The van der Waals surface area contributed by atoms with Crippen LogP contribution in [-0.2, 0) is 6.42 Å². The highest BCUT2D eigenvalue weighted by molar-refractivity contribution is 6.29. The molecule has 0 amide bonds. The Morgan fingerprint density at radius 2 is 2.17 bits per heavy atom. The fourth-order valence-corrected chi connectivity index (χ4v) is 2.34. The average molecular weight is 262 g/mol. The van der Waals surface area contributed by atoms with Crippen LogP contribution >= 0.6 is 11.6 Å². The van der Waals surface area contributed by atoms with Gasteiger partial charge in [-0.15, -0.1) is 0 Å². The Hall–Kier alpha value is -1.87. The molecule has 0 saturated heterocycles. The zero-order valence-corrected chi connectivity index (χ0v) is 10.1. The number of aromatic hydroxyl groups is 1. The van der Waals surface area contributed by atoms with E-state index in [0.29, 0.717) is 22.7 Å². The van der Waals surface area contributed by atoms with Gasteiger partial charge in [0.2, 0.25) is 0 Å². The molecule has 2 aromatic rings. The van der Waals surface area contributed by atoms with Gasteiger partial charge in [0.1, 0.15) is 16.7 Å². The van der Waals surface area contributed by atoms with Gasteiger partial charge >= 0.3 is 0 Å². The number of hydrogen-bond acceptors (Lipinski definition) is 2. The summed E-state index contributed by atoms with van der Waals surface area (Å²) >= 11 is 5.81. The van der Waals surface area contributed by atoms with Crippen molar-refractivity contribution in [3.8, 4) is 5.75 Å². The molecule has 1 heterocycles. The van der Waals surface area contributed by atoms with Gasteiger partial charge in [0.05, 0.1) is 6.20 Å². The summed E-state index contributed by atoms with van der Waals surface area (Å²) in [5.74, 6) is -0.194. The maximum absolute atomic E-state index is 13.6. The van der Waals surface area contributed by atoms with Gasteiger partial charge in [0, 0.05) is 11.1 Å². The van der Waals surface area contributed by atoms with Crippen LogP contribution in [0.15, 0.2) is 30.5 Å². The lowest BCUT2D eigenvalue weighted by molar-refractivity contribution is 0.471. The van der Waals surface area contributed by atoms with E-state index in [1.165, 1.54) is 12.3 Å². The van der Waals surface area contributed by atoms with Gasteiger partial charge in [-0.2, -0.15) is 0 Å². The first kappa shape index (κ1) is 11.2. The molecule has 0 aliphatic heterocycles. The van der Waals surface area contributed by atoms with Crippen molar-refractivity contribution in [3.05, 3.63) is 58.1 Å². The van der Waals surface area contributed by atoms with Crippen molar-refractivity contribution < 1.29 is 9.50 Å². The predicted molar refractivity (Wildman–Crippen MR) is 68.9 cm³/mol. The lowest BCUT2D eigenvalue weighted by Crippen LogP contribution is -1.88. The Morgan fingerprint density at radius 3 is 2.94 bits per heavy atom. The maximum Gasteiger partial charge on any atom is 0.141 e. The number of pyridine rings is 1. The number of benzene rings is 1. The van der Waals surface area contributed by atoms with E-state index in [9.17, 15) is 9.50 Å². The highest BCUT2D eigenvalue weighted by Crippen LogP contribution is 2.36. The lowest BCUT2D eigenvalue weighted by atomic mass is 10.0. The smallest absolute Gasteiger partial charge is 0.141 e. The molecular weight excluding hydrogens is 253 g/mol. The monoisotopic (exact) mass is 261 g/mol. The minimum atomic E-state index is -0.248. The number of halogens is 2. The third kappa shape index (κ3) is 1.77. The summed E-state index contributed by atoms with van der Waals surface area (Å²) in [7, 11) is 0. The van der Waals surface area contributed by atoms with Crippen molar-refractivity contribution in [2.75, 3.05) is 0 Å². The van der Waals surface area contributed by atoms with Crippen molar-refractivity contribution in [1.82, 2.24) is 4.98 Å². The van der Waals surface area contributed by atoms with Crippen LogP contribution in [0.1, 0.15) is 16.7 Å². The molecule has 0 saturated carbocycles.